The third-order valence-corrected chi connectivity index (χ3v) is 7.07. The second-order valence-corrected chi connectivity index (χ2v) is 10.00. The van der Waals surface area contributed by atoms with Crippen molar-refractivity contribution in [1.29, 1.82) is 5.41 Å². The van der Waals surface area contributed by atoms with Gasteiger partial charge in [0.1, 0.15) is 16.5 Å². The van der Waals surface area contributed by atoms with E-state index < -0.39 is 17.3 Å². The van der Waals surface area contributed by atoms with Gasteiger partial charge in [-0.05, 0) is 47.9 Å². The van der Waals surface area contributed by atoms with Crippen LogP contribution >= 0.6 is 11.8 Å². The molecule has 11 heteroatoms. The second kappa shape index (κ2) is 9.88. The zero-order valence-electron chi connectivity index (χ0n) is 19.9. The molecule has 36 heavy (non-hydrogen) atoms. The molecule has 3 N–H and O–H groups in total. The number of nitrogens with zero attached hydrogens (tertiary/aromatic N) is 3. The van der Waals surface area contributed by atoms with Gasteiger partial charge in [-0.15, -0.1) is 0 Å². The fraction of sp³-hybridized carbons (Fsp3) is 0.320. The number of nitrogens with one attached hydrogen (secondary N) is 2. The molecule has 0 aliphatic carbocycles. The molecule has 190 valence electrons. The molecule has 0 spiro atoms. The highest BCUT2D eigenvalue weighted by Gasteiger charge is 2.30. The minimum Gasteiger partial charge on any atom is -0.508 e. The van der Waals surface area contributed by atoms with Crippen LogP contribution in [0.3, 0.4) is 0 Å². The first kappa shape index (κ1) is 25.6. The summed E-state index contributed by atoms with van der Waals surface area (Å²) < 4.78 is 41.9. The smallest absolute Gasteiger partial charge is 0.416 e. The molecule has 4 rings (SSSR count). The third kappa shape index (κ3) is 5.20. The number of hydrogen-bond donors (Lipinski definition) is 3. The van der Waals surface area contributed by atoms with Crippen molar-refractivity contribution in [3.05, 3.63) is 86.3 Å². The summed E-state index contributed by atoms with van der Waals surface area (Å²) in [6.07, 6.45) is -4.43. The summed E-state index contributed by atoms with van der Waals surface area (Å²) in [6, 6.07) is 11.1. The summed E-state index contributed by atoms with van der Waals surface area (Å²) in [7, 11) is 1.61. The Bertz CT molecular complexity index is 1510. The van der Waals surface area contributed by atoms with Crippen molar-refractivity contribution >= 4 is 16.8 Å². The van der Waals surface area contributed by atoms with Gasteiger partial charge in [-0.25, -0.2) is 4.99 Å². The van der Waals surface area contributed by atoms with E-state index in [4.69, 9.17) is 5.41 Å². The quantitative estimate of drug-likeness (QED) is 0.438. The van der Waals surface area contributed by atoms with E-state index in [1.807, 2.05) is 13.8 Å². The molecule has 0 radical (unpaired) electrons. The third-order valence-electron chi connectivity index (χ3n) is 6.01. The van der Waals surface area contributed by atoms with E-state index in [1.165, 1.54) is 40.6 Å². The van der Waals surface area contributed by atoms with E-state index in [2.05, 4.69) is 10.3 Å². The van der Waals surface area contributed by atoms with Crippen LogP contribution in [0.25, 0.3) is 5.03 Å². The number of alkyl halides is 3. The van der Waals surface area contributed by atoms with Crippen LogP contribution in [0.5, 0.6) is 5.75 Å². The zero-order chi connectivity index (χ0) is 26.2. The fourth-order valence-corrected chi connectivity index (χ4v) is 4.79. The highest BCUT2D eigenvalue weighted by Crippen LogP contribution is 2.29. The van der Waals surface area contributed by atoms with Crippen LogP contribution in [-0.4, -0.2) is 20.3 Å². The fourth-order valence-electron chi connectivity index (χ4n) is 3.85. The van der Waals surface area contributed by atoms with Crippen molar-refractivity contribution in [1.82, 2.24) is 14.5 Å². The Labute approximate surface area is 209 Å². The average Bonchev–Trinajstić information content (AvgIpc) is 3.29. The number of phenolic OH excluding ortho intramolecular Hbond substituents is 1. The van der Waals surface area contributed by atoms with Crippen LogP contribution in [0.15, 0.2) is 63.2 Å². The summed E-state index contributed by atoms with van der Waals surface area (Å²) in [6.45, 7) is 4.69. The van der Waals surface area contributed by atoms with E-state index >= 15 is 0 Å². The number of thioether (sulfide) groups is 1. The molecule has 1 aliphatic heterocycles. The topological polar surface area (TPSA) is 95.4 Å². The summed E-state index contributed by atoms with van der Waals surface area (Å²) in [5, 5.41) is 22.2. The largest absolute Gasteiger partial charge is 0.508 e. The SMILES string of the molecule is CC(C)[C@@H]1Cn2c(=N)/c(=C(\NCc3ccc(C(F)(F)F)cc3)Sc3ccc(O)cc3)c(=O)n(C)c2=N1. The van der Waals surface area contributed by atoms with Crippen LogP contribution in [0.2, 0.25) is 0 Å². The number of halogens is 3. The summed E-state index contributed by atoms with van der Waals surface area (Å²) in [4.78, 5) is 18.8. The van der Waals surface area contributed by atoms with E-state index in [-0.39, 0.29) is 35.0 Å². The Kier molecular flexibility index (Phi) is 7.03. The number of aromatic hydroxyl groups is 1. The lowest BCUT2D eigenvalue weighted by atomic mass is 10.1. The number of hydrogen-bond acceptors (Lipinski definition) is 6. The number of fused-ring (bicyclic) bond motifs is 1. The first-order chi connectivity index (χ1) is 17.0. The molecule has 0 saturated carbocycles. The Morgan fingerprint density at radius 1 is 1.19 bits per heavy atom. The molecule has 0 saturated heterocycles. The normalized spacial score (nSPS) is 16.0. The summed E-state index contributed by atoms with van der Waals surface area (Å²) in [5.41, 5.74) is -0.112. The van der Waals surface area contributed by atoms with Gasteiger partial charge in [0.05, 0.1) is 23.2 Å². The van der Waals surface area contributed by atoms with Gasteiger partial charge in [-0.3, -0.25) is 19.3 Å². The number of phenols is 1. The maximum Gasteiger partial charge on any atom is 0.416 e. The van der Waals surface area contributed by atoms with Crippen LogP contribution in [0.4, 0.5) is 13.2 Å². The summed E-state index contributed by atoms with van der Waals surface area (Å²) >= 11 is 1.20. The molecule has 1 atom stereocenters. The van der Waals surface area contributed by atoms with Crippen molar-refractivity contribution < 1.29 is 18.3 Å². The van der Waals surface area contributed by atoms with Crippen LogP contribution in [0, 0.1) is 11.3 Å². The van der Waals surface area contributed by atoms with Gasteiger partial charge in [0, 0.05) is 18.5 Å². The van der Waals surface area contributed by atoms with Crippen molar-refractivity contribution in [3.63, 3.8) is 0 Å². The Balaban J connectivity index is 1.80. The lowest BCUT2D eigenvalue weighted by Crippen LogP contribution is -2.58. The zero-order valence-corrected chi connectivity index (χ0v) is 20.7. The van der Waals surface area contributed by atoms with Gasteiger partial charge >= 0.3 is 6.18 Å². The highest BCUT2D eigenvalue weighted by molar-refractivity contribution is 8.07. The van der Waals surface area contributed by atoms with Gasteiger partial charge in [0.25, 0.3) is 5.56 Å². The van der Waals surface area contributed by atoms with E-state index in [1.54, 1.807) is 23.7 Å². The number of rotatable bonds is 6. The molecule has 0 unspecified atom stereocenters. The van der Waals surface area contributed by atoms with Gasteiger partial charge in [-0.1, -0.05) is 37.7 Å². The molecule has 0 amide bonds. The van der Waals surface area contributed by atoms with Crippen molar-refractivity contribution in [2.24, 2.45) is 18.0 Å². The van der Waals surface area contributed by atoms with Crippen LogP contribution in [0.1, 0.15) is 25.0 Å². The first-order valence-electron chi connectivity index (χ1n) is 11.3. The highest BCUT2D eigenvalue weighted by atomic mass is 32.2. The van der Waals surface area contributed by atoms with Gasteiger partial charge in [0.2, 0.25) is 5.62 Å². The molecule has 2 heterocycles. The van der Waals surface area contributed by atoms with E-state index in [0.29, 0.717) is 27.7 Å². The minimum absolute atomic E-state index is 0.0150. The monoisotopic (exact) mass is 517 g/mol. The molecule has 2 aromatic carbocycles. The molecule has 1 aliphatic rings. The van der Waals surface area contributed by atoms with Crippen LogP contribution < -0.4 is 27.2 Å². The van der Waals surface area contributed by atoms with Crippen molar-refractivity contribution in [2.75, 3.05) is 0 Å². The van der Waals surface area contributed by atoms with Gasteiger partial charge in [0.15, 0.2) is 0 Å². The second-order valence-electron chi connectivity index (χ2n) is 8.91. The predicted octanol–water partition coefficient (Wildman–Crippen LogP) is 2.70. The lowest BCUT2D eigenvalue weighted by Gasteiger charge is -2.14. The summed E-state index contributed by atoms with van der Waals surface area (Å²) in [5.74, 6) is 0.320. The van der Waals surface area contributed by atoms with E-state index in [9.17, 15) is 23.1 Å². The minimum atomic E-state index is -4.43. The molecule has 0 fully saturated rings. The molecule has 7 nitrogen and oxygen atoms in total. The van der Waals surface area contributed by atoms with Gasteiger partial charge < -0.3 is 10.4 Å². The van der Waals surface area contributed by atoms with E-state index in [0.717, 1.165) is 12.1 Å². The maximum atomic E-state index is 13.4. The number of benzene rings is 2. The Morgan fingerprint density at radius 3 is 2.42 bits per heavy atom. The predicted molar refractivity (Wildman–Crippen MR) is 131 cm³/mol. The Morgan fingerprint density at radius 2 is 1.83 bits per heavy atom. The molecule has 0 bridgehead atoms. The average molecular weight is 518 g/mol. The Hall–Kier alpha value is -3.47. The lowest BCUT2D eigenvalue weighted by molar-refractivity contribution is -0.137. The van der Waals surface area contributed by atoms with Crippen molar-refractivity contribution in [2.45, 2.75) is 44.1 Å². The van der Waals surface area contributed by atoms with Crippen LogP contribution in [-0.2, 0) is 26.3 Å². The molecular weight excluding hydrogens is 491 g/mol. The first-order valence-corrected chi connectivity index (χ1v) is 12.1. The van der Waals surface area contributed by atoms with Gasteiger partial charge in [-0.2, -0.15) is 13.2 Å². The molecule has 3 aromatic rings. The standard InChI is InChI=1S/C25H26F3N5O2S/c1-14(2)19-13-33-21(29)20(23(35)32(3)24(33)31-19)22(36-18-10-8-17(34)9-11-18)30-12-15-4-6-16(7-5-15)25(26,27)28/h4-11,14,19,29-30,34H,12-13H2,1-3H3/b22-20-,29-21?/t19-/m0/s1. The number of aromatic nitrogens is 2. The maximum absolute atomic E-state index is 13.4. The van der Waals surface area contributed by atoms with Crippen molar-refractivity contribution in [3.8, 4) is 5.75 Å². The molecular formula is C25H26F3N5O2S. The molecule has 1 aromatic heterocycles.